The molecule has 4 rings (SSSR count). The van der Waals surface area contributed by atoms with Crippen molar-refractivity contribution in [2.75, 3.05) is 5.32 Å². The van der Waals surface area contributed by atoms with Crippen LogP contribution < -0.4 is 5.32 Å². The van der Waals surface area contributed by atoms with Crippen molar-refractivity contribution in [2.24, 2.45) is 12.5 Å². The minimum absolute atomic E-state index is 0.325. The fraction of sp³-hybridized carbons (Fsp3) is 0.556. The normalized spacial score (nSPS) is 21.1. The molecule has 2 aromatic rings. The summed E-state index contributed by atoms with van der Waals surface area (Å²) in [5.41, 5.74) is 0.913. The molecule has 0 spiro atoms. The van der Waals surface area contributed by atoms with Gasteiger partial charge in [0.25, 0.3) is 0 Å². The quantitative estimate of drug-likeness (QED) is 0.743. The molecule has 26 heavy (non-hydrogen) atoms. The molecule has 2 saturated carbocycles. The number of thiophene rings is 1. The van der Waals surface area contributed by atoms with E-state index in [2.05, 4.69) is 10.4 Å². The number of anilines is 1. The molecule has 8 heteroatoms. The molecule has 0 saturated heterocycles. The third-order valence-corrected chi connectivity index (χ3v) is 6.72. The summed E-state index contributed by atoms with van der Waals surface area (Å²) in [7, 11) is 1.83. The molecule has 0 aromatic carbocycles. The van der Waals surface area contributed by atoms with Crippen molar-refractivity contribution in [1.82, 2.24) is 9.78 Å². The maximum atomic E-state index is 13.3. The average Bonchev–Trinajstić information content (AvgIpc) is 2.99. The highest BCUT2D eigenvalue weighted by Gasteiger charge is 2.58. The first-order valence-corrected chi connectivity index (χ1v) is 9.90. The molecule has 4 nitrogen and oxygen atoms in total. The van der Waals surface area contributed by atoms with Crippen molar-refractivity contribution < 1.29 is 13.6 Å². The summed E-state index contributed by atoms with van der Waals surface area (Å²) in [6.45, 7) is 1.59. The van der Waals surface area contributed by atoms with Crippen LogP contribution in [0.3, 0.4) is 0 Å². The Labute approximate surface area is 159 Å². The van der Waals surface area contributed by atoms with Gasteiger partial charge in [-0.3, -0.25) is 9.48 Å². The minimum atomic E-state index is -2.74. The van der Waals surface area contributed by atoms with Crippen molar-refractivity contribution in [3.63, 3.8) is 0 Å². The lowest BCUT2D eigenvalue weighted by Gasteiger charge is -2.43. The molecule has 0 aliphatic heterocycles. The van der Waals surface area contributed by atoms with Gasteiger partial charge in [-0.25, -0.2) is 8.78 Å². The second-order valence-corrected chi connectivity index (χ2v) is 9.41. The van der Waals surface area contributed by atoms with Gasteiger partial charge in [0.05, 0.1) is 20.3 Å². The number of carbonyl (C=O) groups excluding carboxylic acids is 1. The Kier molecular flexibility index (Phi) is 4.15. The molecule has 2 aliphatic carbocycles. The Morgan fingerprint density at radius 3 is 2.58 bits per heavy atom. The lowest BCUT2D eigenvalue weighted by atomic mass is 9.67. The van der Waals surface area contributed by atoms with Crippen LogP contribution in [0, 0.1) is 5.41 Å². The lowest BCUT2D eigenvalue weighted by Crippen LogP contribution is -2.51. The van der Waals surface area contributed by atoms with Gasteiger partial charge in [0.2, 0.25) is 11.8 Å². The van der Waals surface area contributed by atoms with Gasteiger partial charge in [0.1, 0.15) is 0 Å². The highest BCUT2D eigenvalue weighted by atomic mass is 35.5. The number of aromatic nitrogens is 2. The molecule has 140 valence electrons. The van der Waals surface area contributed by atoms with Crippen molar-refractivity contribution >= 4 is 34.7 Å². The maximum Gasteiger partial charge on any atom is 0.250 e. The summed E-state index contributed by atoms with van der Waals surface area (Å²) >= 11 is 7.56. The monoisotopic (exact) mass is 399 g/mol. The molecule has 2 fully saturated rings. The van der Waals surface area contributed by atoms with E-state index in [1.54, 1.807) is 11.6 Å². The van der Waals surface area contributed by atoms with E-state index in [4.69, 9.17) is 11.6 Å². The van der Waals surface area contributed by atoms with Crippen molar-refractivity contribution in [3.8, 4) is 10.6 Å². The Balaban J connectivity index is 1.67. The van der Waals surface area contributed by atoms with E-state index in [9.17, 15) is 13.6 Å². The van der Waals surface area contributed by atoms with Crippen molar-refractivity contribution in [2.45, 2.75) is 50.9 Å². The zero-order valence-electron chi connectivity index (χ0n) is 14.6. The number of halogens is 3. The number of carbonyl (C=O) groups is 1. The molecule has 0 radical (unpaired) electrons. The van der Waals surface area contributed by atoms with E-state index in [0.717, 1.165) is 35.4 Å². The number of hydrogen-bond acceptors (Lipinski definition) is 3. The van der Waals surface area contributed by atoms with Crippen LogP contribution in [0.5, 0.6) is 0 Å². The van der Waals surface area contributed by atoms with Crippen molar-refractivity contribution in [1.29, 1.82) is 0 Å². The van der Waals surface area contributed by atoms with Gasteiger partial charge in [-0.1, -0.05) is 24.9 Å². The zero-order chi connectivity index (χ0) is 18.7. The summed E-state index contributed by atoms with van der Waals surface area (Å²) < 4.78 is 29.0. The molecule has 2 aromatic heterocycles. The molecular weight excluding hydrogens is 380 g/mol. The Bertz CT molecular complexity index is 864. The molecule has 1 amide bonds. The van der Waals surface area contributed by atoms with Crippen LogP contribution in [-0.2, 0) is 11.8 Å². The predicted octanol–water partition coefficient (Wildman–Crippen LogP) is 5.44. The Morgan fingerprint density at radius 2 is 2.08 bits per heavy atom. The summed E-state index contributed by atoms with van der Waals surface area (Å²) in [5.74, 6) is -2.30. The Morgan fingerprint density at radius 1 is 1.38 bits per heavy atom. The standard InChI is InChI=1S/C18H20ClF2N3OS/c1-17(8-18(20,21)9-17)16(25)22-15-13(10-4-3-5-10)14(24(2)23-15)11-6-7-12(19)26-11/h6-7,10H,3-5,8-9H2,1-2H3,(H,22,23,25). The second kappa shape index (κ2) is 6.02. The van der Waals surface area contributed by atoms with E-state index >= 15 is 0 Å². The first-order valence-electron chi connectivity index (χ1n) is 8.70. The topological polar surface area (TPSA) is 46.9 Å². The second-order valence-electron chi connectivity index (χ2n) is 7.69. The molecule has 1 N–H and O–H groups in total. The molecule has 2 heterocycles. The van der Waals surface area contributed by atoms with E-state index in [0.29, 0.717) is 16.1 Å². The minimum Gasteiger partial charge on any atom is -0.308 e. The average molecular weight is 400 g/mol. The summed E-state index contributed by atoms with van der Waals surface area (Å²) in [4.78, 5) is 13.6. The van der Waals surface area contributed by atoms with E-state index in [1.807, 2.05) is 19.2 Å². The fourth-order valence-electron chi connectivity index (χ4n) is 3.96. The number of aryl methyl sites for hydroxylation is 1. The summed E-state index contributed by atoms with van der Waals surface area (Å²) in [5, 5.41) is 7.35. The molecule has 0 atom stereocenters. The first kappa shape index (κ1) is 17.9. The number of nitrogens with zero attached hydrogens (tertiary/aromatic N) is 2. The highest BCUT2D eigenvalue weighted by Crippen LogP contribution is 2.53. The molecule has 0 bridgehead atoms. The van der Waals surface area contributed by atoms with Gasteiger partial charge in [-0.15, -0.1) is 11.3 Å². The number of alkyl halides is 2. The number of amides is 1. The highest BCUT2D eigenvalue weighted by molar-refractivity contribution is 7.19. The van der Waals surface area contributed by atoms with Crippen LogP contribution in [0.25, 0.3) is 10.6 Å². The van der Waals surface area contributed by atoms with Gasteiger partial charge in [0.15, 0.2) is 5.82 Å². The number of rotatable bonds is 4. The van der Waals surface area contributed by atoms with Crippen LogP contribution >= 0.6 is 22.9 Å². The van der Waals surface area contributed by atoms with E-state index in [1.165, 1.54) is 11.3 Å². The Hall–Kier alpha value is -1.47. The zero-order valence-corrected chi connectivity index (χ0v) is 16.2. The molecular formula is C18H20ClF2N3OS. The van der Waals surface area contributed by atoms with E-state index in [-0.39, 0.29) is 5.91 Å². The maximum absolute atomic E-state index is 13.3. The van der Waals surface area contributed by atoms with Gasteiger partial charge in [-0.05, 0) is 30.9 Å². The molecule has 2 aliphatic rings. The summed E-state index contributed by atoms with van der Waals surface area (Å²) in [6.07, 6.45) is 2.39. The van der Waals surface area contributed by atoms with Crippen LogP contribution in [0.1, 0.15) is 50.5 Å². The number of hydrogen-bond donors (Lipinski definition) is 1. The van der Waals surface area contributed by atoms with Gasteiger partial charge in [-0.2, -0.15) is 5.10 Å². The van der Waals surface area contributed by atoms with Crippen LogP contribution in [-0.4, -0.2) is 21.6 Å². The number of nitrogens with one attached hydrogen (secondary N) is 1. The third kappa shape index (κ3) is 2.95. The summed E-state index contributed by atoms with van der Waals surface area (Å²) in [6, 6.07) is 3.79. The smallest absolute Gasteiger partial charge is 0.250 e. The predicted molar refractivity (Wildman–Crippen MR) is 99.0 cm³/mol. The van der Waals surface area contributed by atoms with Crippen LogP contribution in [0.15, 0.2) is 12.1 Å². The third-order valence-electron chi connectivity index (χ3n) is 5.48. The van der Waals surface area contributed by atoms with Crippen LogP contribution in [0.2, 0.25) is 4.34 Å². The molecule has 0 unspecified atom stereocenters. The van der Waals surface area contributed by atoms with Crippen LogP contribution in [0.4, 0.5) is 14.6 Å². The van der Waals surface area contributed by atoms with Gasteiger partial charge < -0.3 is 5.32 Å². The van der Waals surface area contributed by atoms with Gasteiger partial charge in [0, 0.05) is 25.5 Å². The largest absolute Gasteiger partial charge is 0.308 e. The lowest BCUT2D eigenvalue weighted by molar-refractivity contribution is -0.170. The van der Waals surface area contributed by atoms with E-state index < -0.39 is 24.2 Å². The van der Waals surface area contributed by atoms with Gasteiger partial charge >= 0.3 is 0 Å². The first-order chi connectivity index (χ1) is 12.2. The SMILES string of the molecule is Cn1nc(NC(=O)C2(C)CC(F)(F)C2)c(C2CCC2)c1-c1ccc(Cl)s1. The van der Waals surface area contributed by atoms with Crippen molar-refractivity contribution in [3.05, 3.63) is 22.0 Å². The fourth-order valence-corrected chi connectivity index (χ4v) is 5.09.